The molecule has 0 aromatic heterocycles. The summed E-state index contributed by atoms with van der Waals surface area (Å²) >= 11 is 0. The summed E-state index contributed by atoms with van der Waals surface area (Å²) in [5.74, 6) is 0. The maximum absolute atomic E-state index is 11.5. The van der Waals surface area contributed by atoms with Gasteiger partial charge in [0.2, 0.25) is 0 Å². The van der Waals surface area contributed by atoms with Gasteiger partial charge in [0.1, 0.15) is 0 Å². The van der Waals surface area contributed by atoms with E-state index in [0.717, 1.165) is 28.2 Å². The van der Waals surface area contributed by atoms with Crippen LogP contribution in [0, 0.1) is 10.1 Å². The summed E-state index contributed by atoms with van der Waals surface area (Å²) in [6.07, 6.45) is 0. The molecule has 0 amide bonds. The third-order valence-electron chi connectivity index (χ3n) is 5.52. The Morgan fingerprint density at radius 1 is 0.719 bits per heavy atom. The number of benzene rings is 4. The molecule has 4 rings (SSSR count). The van der Waals surface area contributed by atoms with Crippen molar-refractivity contribution in [2.75, 3.05) is 4.90 Å². The highest BCUT2D eigenvalue weighted by atomic mass is 16.6. The van der Waals surface area contributed by atoms with Crippen molar-refractivity contribution in [2.45, 2.75) is 26.2 Å². The number of anilines is 3. The zero-order valence-corrected chi connectivity index (χ0v) is 18.5. The van der Waals surface area contributed by atoms with Gasteiger partial charge >= 0.3 is 0 Å². The van der Waals surface area contributed by atoms with Gasteiger partial charge in [-0.25, -0.2) is 0 Å². The van der Waals surface area contributed by atoms with Crippen LogP contribution in [0.15, 0.2) is 103 Å². The van der Waals surface area contributed by atoms with Gasteiger partial charge in [-0.3, -0.25) is 10.1 Å². The minimum atomic E-state index is -0.354. The van der Waals surface area contributed by atoms with Gasteiger partial charge in [0.15, 0.2) is 0 Å². The molecule has 0 saturated carbocycles. The standard InChI is InChI=1S/C28H26N2O2/c1-28(2,3)22-16-18-23(19-17-22)29(24-12-9-13-25(20-24)30(31)32)27-15-8-7-14-26(27)21-10-5-4-6-11-21/h4-20H,1-3H3. The molecule has 0 N–H and O–H groups in total. The molecule has 0 saturated heterocycles. The average Bonchev–Trinajstić information content (AvgIpc) is 2.80. The smallest absolute Gasteiger partial charge is 0.271 e. The maximum Gasteiger partial charge on any atom is 0.271 e. The quantitative estimate of drug-likeness (QED) is 0.241. The van der Waals surface area contributed by atoms with Gasteiger partial charge in [0.25, 0.3) is 5.69 Å². The molecule has 0 bridgehead atoms. The van der Waals surface area contributed by atoms with Crippen LogP contribution in [-0.2, 0) is 5.41 Å². The van der Waals surface area contributed by atoms with Gasteiger partial charge in [0.05, 0.1) is 16.3 Å². The van der Waals surface area contributed by atoms with Gasteiger partial charge in [-0.15, -0.1) is 0 Å². The Balaban J connectivity index is 1.92. The van der Waals surface area contributed by atoms with E-state index in [9.17, 15) is 10.1 Å². The van der Waals surface area contributed by atoms with E-state index in [1.807, 2.05) is 36.4 Å². The summed E-state index contributed by atoms with van der Waals surface area (Å²) in [7, 11) is 0. The lowest BCUT2D eigenvalue weighted by Crippen LogP contribution is -2.14. The highest BCUT2D eigenvalue weighted by Gasteiger charge is 2.20. The predicted molar refractivity (Wildman–Crippen MR) is 132 cm³/mol. The van der Waals surface area contributed by atoms with Gasteiger partial charge in [-0.2, -0.15) is 0 Å². The molecule has 0 atom stereocenters. The maximum atomic E-state index is 11.5. The highest BCUT2D eigenvalue weighted by Crippen LogP contribution is 2.41. The van der Waals surface area contributed by atoms with E-state index in [4.69, 9.17) is 0 Å². The minimum absolute atomic E-state index is 0.0385. The molecule has 32 heavy (non-hydrogen) atoms. The van der Waals surface area contributed by atoms with E-state index >= 15 is 0 Å². The van der Waals surface area contributed by atoms with Crippen LogP contribution in [0.4, 0.5) is 22.7 Å². The second-order valence-electron chi connectivity index (χ2n) is 8.79. The van der Waals surface area contributed by atoms with Gasteiger partial charge in [-0.1, -0.05) is 87.5 Å². The first kappa shape index (κ1) is 21.3. The topological polar surface area (TPSA) is 46.4 Å². The van der Waals surface area contributed by atoms with Crippen LogP contribution in [0.5, 0.6) is 0 Å². The second kappa shape index (κ2) is 8.67. The number of nitrogens with zero attached hydrogens (tertiary/aromatic N) is 2. The Labute approximate surface area is 188 Å². The fourth-order valence-corrected chi connectivity index (χ4v) is 3.81. The Morgan fingerprint density at radius 3 is 2.03 bits per heavy atom. The van der Waals surface area contributed by atoms with Crippen molar-refractivity contribution in [3.8, 4) is 11.1 Å². The number of hydrogen-bond acceptors (Lipinski definition) is 3. The first-order valence-electron chi connectivity index (χ1n) is 10.6. The third-order valence-corrected chi connectivity index (χ3v) is 5.52. The largest absolute Gasteiger partial charge is 0.310 e. The Kier molecular flexibility index (Phi) is 5.78. The summed E-state index contributed by atoms with van der Waals surface area (Å²) < 4.78 is 0. The molecule has 0 aliphatic rings. The number of hydrogen-bond donors (Lipinski definition) is 0. The molecule has 0 aliphatic carbocycles. The first-order valence-corrected chi connectivity index (χ1v) is 10.6. The molecule has 0 heterocycles. The van der Waals surface area contributed by atoms with E-state index in [1.54, 1.807) is 12.1 Å². The molecule has 0 fully saturated rings. The molecule has 0 spiro atoms. The molecular weight excluding hydrogens is 396 g/mol. The number of nitro benzene ring substituents is 1. The predicted octanol–water partition coefficient (Wildman–Crippen LogP) is 8.03. The Bertz CT molecular complexity index is 1230. The summed E-state index contributed by atoms with van der Waals surface area (Å²) in [4.78, 5) is 13.2. The van der Waals surface area contributed by atoms with Crippen molar-refractivity contribution in [3.63, 3.8) is 0 Å². The summed E-state index contributed by atoms with van der Waals surface area (Å²) in [6, 6.07) is 33.5. The van der Waals surface area contributed by atoms with Crippen molar-refractivity contribution in [2.24, 2.45) is 0 Å². The van der Waals surface area contributed by atoms with Crippen LogP contribution in [0.3, 0.4) is 0 Å². The van der Waals surface area contributed by atoms with Crippen molar-refractivity contribution >= 4 is 22.7 Å². The van der Waals surface area contributed by atoms with E-state index in [2.05, 4.69) is 74.2 Å². The van der Waals surface area contributed by atoms with Crippen molar-refractivity contribution in [3.05, 3.63) is 119 Å². The van der Waals surface area contributed by atoms with E-state index in [-0.39, 0.29) is 16.0 Å². The molecule has 4 aromatic rings. The monoisotopic (exact) mass is 422 g/mol. The van der Waals surface area contributed by atoms with Crippen molar-refractivity contribution in [1.82, 2.24) is 0 Å². The third kappa shape index (κ3) is 4.40. The van der Waals surface area contributed by atoms with E-state index in [0.29, 0.717) is 0 Å². The van der Waals surface area contributed by atoms with E-state index in [1.165, 1.54) is 11.6 Å². The van der Waals surface area contributed by atoms with Crippen molar-refractivity contribution < 1.29 is 4.92 Å². The average molecular weight is 423 g/mol. The van der Waals surface area contributed by atoms with Gasteiger partial charge in [0, 0.05) is 23.4 Å². The Hall–Kier alpha value is -3.92. The number of nitro groups is 1. The molecule has 0 unspecified atom stereocenters. The molecule has 4 nitrogen and oxygen atoms in total. The normalized spacial score (nSPS) is 11.2. The number of rotatable bonds is 5. The lowest BCUT2D eigenvalue weighted by atomic mass is 9.87. The Morgan fingerprint density at radius 2 is 1.38 bits per heavy atom. The fourth-order valence-electron chi connectivity index (χ4n) is 3.81. The van der Waals surface area contributed by atoms with Crippen LogP contribution >= 0.6 is 0 Å². The molecule has 0 aliphatic heterocycles. The fraction of sp³-hybridized carbons (Fsp3) is 0.143. The van der Waals surface area contributed by atoms with Crippen LogP contribution < -0.4 is 4.90 Å². The zero-order chi connectivity index (χ0) is 22.7. The molecule has 0 radical (unpaired) electrons. The minimum Gasteiger partial charge on any atom is -0.310 e. The number of para-hydroxylation sites is 1. The highest BCUT2D eigenvalue weighted by molar-refractivity contribution is 5.88. The van der Waals surface area contributed by atoms with Crippen LogP contribution in [0.1, 0.15) is 26.3 Å². The first-order chi connectivity index (χ1) is 15.3. The molecule has 4 heteroatoms. The van der Waals surface area contributed by atoms with Gasteiger partial charge < -0.3 is 4.90 Å². The lowest BCUT2D eigenvalue weighted by molar-refractivity contribution is -0.384. The lowest BCUT2D eigenvalue weighted by Gasteiger charge is -2.28. The second-order valence-corrected chi connectivity index (χ2v) is 8.79. The van der Waals surface area contributed by atoms with E-state index < -0.39 is 0 Å². The molecule has 4 aromatic carbocycles. The van der Waals surface area contributed by atoms with Crippen LogP contribution in [-0.4, -0.2) is 4.92 Å². The summed E-state index contributed by atoms with van der Waals surface area (Å²) in [5.41, 5.74) is 6.13. The van der Waals surface area contributed by atoms with Crippen LogP contribution in [0.2, 0.25) is 0 Å². The molecular formula is C28H26N2O2. The molecule has 160 valence electrons. The summed E-state index contributed by atoms with van der Waals surface area (Å²) in [6.45, 7) is 6.56. The summed E-state index contributed by atoms with van der Waals surface area (Å²) in [5, 5.41) is 11.5. The SMILES string of the molecule is CC(C)(C)c1ccc(N(c2cccc([N+](=O)[O-])c2)c2ccccc2-c2ccccc2)cc1. The number of non-ortho nitro benzene ring substituents is 1. The zero-order valence-electron chi connectivity index (χ0n) is 18.5. The van der Waals surface area contributed by atoms with Gasteiger partial charge in [-0.05, 0) is 40.8 Å². The van der Waals surface area contributed by atoms with Crippen LogP contribution in [0.25, 0.3) is 11.1 Å². The van der Waals surface area contributed by atoms with Crippen molar-refractivity contribution in [1.29, 1.82) is 0 Å².